The summed E-state index contributed by atoms with van der Waals surface area (Å²) in [7, 11) is 0. The van der Waals surface area contributed by atoms with E-state index in [9.17, 15) is 4.79 Å². The minimum Gasteiger partial charge on any atom is -0.375 e. The van der Waals surface area contributed by atoms with Crippen molar-refractivity contribution in [1.82, 2.24) is 15.4 Å². The Hall–Kier alpha value is -1.69. The fraction of sp³-hybridized carbons (Fsp3) is 0.222. The van der Waals surface area contributed by atoms with Crippen LogP contribution >= 0.6 is 12.2 Å². The minimum atomic E-state index is -0.328. The molecule has 0 unspecified atom stereocenters. The number of carbonyl (C=O) groups is 1. The summed E-state index contributed by atoms with van der Waals surface area (Å²) in [5.41, 5.74) is 8.27. The molecule has 1 aromatic rings. The molecule has 0 aliphatic carbocycles. The summed E-state index contributed by atoms with van der Waals surface area (Å²) in [5, 5.41) is 1.51. The topological polar surface area (TPSA) is 71.2 Å². The van der Waals surface area contributed by atoms with Gasteiger partial charge in [-0.15, -0.1) is 0 Å². The second kappa shape index (κ2) is 5.26. The van der Waals surface area contributed by atoms with Gasteiger partial charge in [-0.25, -0.2) is 0 Å². The molecule has 0 saturated carbocycles. The second-order valence-corrected chi connectivity index (χ2v) is 3.16. The molecule has 1 aromatic heterocycles. The van der Waals surface area contributed by atoms with E-state index in [-0.39, 0.29) is 11.0 Å². The number of nitrogens with one attached hydrogen (secondary N) is 1. The van der Waals surface area contributed by atoms with Crippen molar-refractivity contribution >= 4 is 23.2 Å². The van der Waals surface area contributed by atoms with Gasteiger partial charge >= 0.3 is 0 Å². The highest BCUT2D eigenvalue weighted by Gasteiger charge is 2.10. The number of pyridine rings is 1. The van der Waals surface area contributed by atoms with E-state index in [4.69, 9.17) is 18.0 Å². The van der Waals surface area contributed by atoms with E-state index in [1.54, 1.807) is 24.4 Å². The van der Waals surface area contributed by atoms with E-state index >= 15 is 0 Å². The van der Waals surface area contributed by atoms with Crippen molar-refractivity contribution in [2.45, 2.75) is 6.92 Å². The Balaban J connectivity index is 2.67. The van der Waals surface area contributed by atoms with E-state index in [2.05, 4.69) is 10.4 Å². The molecule has 0 aliphatic rings. The van der Waals surface area contributed by atoms with E-state index in [1.165, 1.54) is 5.01 Å². The number of nitrogens with zero attached hydrogens (tertiary/aromatic N) is 2. The Bertz CT molecular complexity index is 354. The molecule has 80 valence electrons. The van der Waals surface area contributed by atoms with Crippen molar-refractivity contribution in [1.29, 1.82) is 0 Å². The highest BCUT2D eigenvalue weighted by Crippen LogP contribution is 1.94. The lowest BCUT2D eigenvalue weighted by Gasteiger charge is -2.20. The number of nitrogens with two attached hydrogens (primary N) is 1. The van der Waals surface area contributed by atoms with Crippen LogP contribution in [0.4, 0.5) is 0 Å². The number of hydrogen-bond donors (Lipinski definition) is 2. The standard InChI is InChI=1S/C9H12N4OS/c1-2-13(9(10)15)12-8(14)7-5-3-4-6-11-7/h3-6H,2H2,1H3,(H2,10,15)(H,12,14). The van der Waals surface area contributed by atoms with Crippen LogP contribution in [0.25, 0.3) is 0 Å². The van der Waals surface area contributed by atoms with Crippen LogP contribution in [0.2, 0.25) is 0 Å². The van der Waals surface area contributed by atoms with Crippen molar-refractivity contribution in [2.24, 2.45) is 5.73 Å². The number of thiocarbonyl (C=S) groups is 1. The third-order valence-corrected chi connectivity index (χ3v) is 1.94. The highest BCUT2D eigenvalue weighted by atomic mass is 32.1. The molecule has 1 amide bonds. The Morgan fingerprint density at radius 3 is 2.87 bits per heavy atom. The smallest absolute Gasteiger partial charge is 0.288 e. The minimum absolute atomic E-state index is 0.127. The van der Waals surface area contributed by atoms with E-state index in [0.717, 1.165) is 0 Å². The van der Waals surface area contributed by atoms with Gasteiger partial charge in [0.2, 0.25) is 0 Å². The first kappa shape index (κ1) is 11.4. The zero-order valence-electron chi connectivity index (χ0n) is 8.30. The summed E-state index contributed by atoms with van der Waals surface area (Å²) < 4.78 is 0. The summed E-state index contributed by atoms with van der Waals surface area (Å²) in [4.78, 5) is 15.5. The van der Waals surface area contributed by atoms with Gasteiger partial charge in [0.1, 0.15) is 5.69 Å². The lowest BCUT2D eigenvalue weighted by atomic mass is 10.3. The van der Waals surface area contributed by atoms with Gasteiger partial charge in [0.25, 0.3) is 5.91 Å². The molecule has 1 heterocycles. The van der Waals surface area contributed by atoms with Crippen LogP contribution in [0.15, 0.2) is 24.4 Å². The third kappa shape index (κ3) is 3.17. The van der Waals surface area contributed by atoms with Crippen molar-refractivity contribution in [3.05, 3.63) is 30.1 Å². The van der Waals surface area contributed by atoms with Crippen LogP contribution in [0, 0.1) is 0 Å². The molecule has 1 rings (SSSR count). The molecular weight excluding hydrogens is 212 g/mol. The first-order chi connectivity index (χ1) is 7.15. The van der Waals surface area contributed by atoms with Crippen molar-refractivity contribution in [2.75, 3.05) is 6.54 Å². The number of carbonyl (C=O) groups excluding carboxylic acids is 1. The van der Waals surface area contributed by atoms with Gasteiger partial charge < -0.3 is 5.73 Å². The molecule has 0 fully saturated rings. The molecule has 6 heteroatoms. The molecule has 5 nitrogen and oxygen atoms in total. The average molecular weight is 224 g/mol. The average Bonchev–Trinajstić information content (AvgIpc) is 2.26. The quantitative estimate of drug-likeness (QED) is 0.558. The summed E-state index contributed by atoms with van der Waals surface area (Å²) in [6.07, 6.45) is 1.55. The van der Waals surface area contributed by atoms with Gasteiger partial charge in [-0.05, 0) is 31.3 Å². The van der Waals surface area contributed by atoms with E-state index in [1.807, 2.05) is 6.92 Å². The normalized spacial score (nSPS) is 9.40. The molecule has 0 aliphatic heterocycles. The molecular formula is C9H12N4OS. The van der Waals surface area contributed by atoms with Crippen molar-refractivity contribution in [3.8, 4) is 0 Å². The predicted molar refractivity (Wildman–Crippen MR) is 60.9 cm³/mol. The van der Waals surface area contributed by atoms with Crippen molar-refractivity contribution < 1.29 is 4.79 Å². The molecule has 0 aromatic carbocycles. The molecule has 0 radical (unpaired) electrons. The largest absolute Gasteiger partial charge is 0.375 e. The van der Waals surface area contributed by atoms with Gasteiger partial charge in [-0.2, -0.15) is 0 Å². The summed E-state index contributed by atoms with van der Waals surface area (Å²) in [6, 6.07) is 5.09. The molecule has 0 spiro atoms. The monoisotopic (exact) mass is 224 g/mol. The lowest BCUT2D eigenvalue weighted by molar-refractivity contribution is 0.0869. The molecule has 0 bridgehead atoms. The van der Waals surface area contributed by atoms with Crippen molar-refractivity contribution in [3.63, 3.8) is 0 Å². The first-order valence-electron chi connectivity index (χ1n) is 4.44. The number of hydrogen-bond acceptors (Lipinski definition) is 3. The van der Waals surface area contributed by atoms with E-state index in [0.29, 0.717) is 12.2 Å². The van der Waals surface area contributed by atoms with Crippen LogP contribution in [0.5, 0.6) is 0 Å². The van der Waals surface area contributed by atoms with Crippen LogP contribution < -0.4 is 11.2 Å². The zero-order chi connectivity index (χ0) is 11.3. The Morgan fingerprint density at radius 2 is 2.40 bits per heavy atom. The number of aromatic nitrogens is 1. The number of rotatable bonds is 2. The summed E-state index contributed by atoms with van der Waals surface area (Å²) in [6.45, 7) is 2.34. The highest BCUT2D eigenvalue weighted by molar-refractivity contribution is 7.80. The Labute approximate surface area is 93.3 Å². The Kier molecular flexibility index (Phi) is 3.99. The maximum Gasteiger partial charge on any atom is 0.288 e. The fourth-order valence-corrected chi connectivity index (χ4v) is 1.14. The fourth-order valence-electron chi connectivity index (χ4n) is 0.967. The molecule has 0 atom stereocenters. The molecule has 0 saturated heterocycles. The SMILES string of the molecule is CCN(NC(=O)c1ccccn1)C(N)=S. The number of amides is 1. The van der Waals surface area contributed by atoms with Gasteiger partial charge in [0.05, 0.1) is 0 Å². The summed E-state index contributed by atoms with van der Waals surface area (Å²) in [5.74, 6) is -0.328. The van der Waals surface area contributed by atoms with Gasteiger partial charge in [0.15, 0.2) is 5.11 Å². The van der Waals surface area contributed by atoms with Crippen LogP contribution in [0.3, 0.4) is 0 Å². The van der Waals surface area contributed by atoms with Gasteiger partial charge in [0, 0.05) is 12.7 Å². The number of hydrazine groups is 1. The zero-order valence-corrected chi connectivity index (χ0v) is 9.12. The van der Waals surface area contributed by atoms with E-state index < -0.39 is 0 Å². The first-order valence-corrected chi connectivity index (χ1v) is 4.85. The Morgan fingerprint density at radius 1 is 1.67 bits per heavy atom. The van der Waals surface area contributed by atoms with Crippen LogP contribution in [-0.2, 0) is 0 Å². The maximum atomic E-state index is 11.6. The summed E-state index contributed by atoms with van der Waals surface area (Å²) >= 11 is 4.75. The molecule has 3 N–H and O–H groups in total. The van der Waals surface area contributed by atoms with Crippen LogP contribution in [0.1, 0.15) is 17.4 Å². The maximum absolute atomic E-state index is 11.6. The van der Waals surface area contributed by atoms with Gasteiger partial charge in [-0.3, -0.25) is 20.2 Å². The van der Waals surface area contributed by atoms with Crippen LogP contribution in [-0.4, -0.2) is 27.6 Å². The lowest BCUT2D eigenvalue weighted by Crippen LogP contribution is -2.48. The van der Waals surface area contributed by atoms with Gasteiger partial charge in [-0.1, -0.05) is 6.07 Å². The second-order valence-electron chi connectivity index (χ2n) is 2.74. The predicted octanol–water partition coefficient (Wildman–Crippen LogP) is 0.292. The molecule has 15 heavy (non-hydrogen) atoms. The third-order valence-electron chi connectivity index (χ3n) is 1.72.